The molecular formula is C13H14ClN3O3S. The Balaban J connectivity index is 2.42. The fourth-order valence-electron chi connectivity index (χ4n) is 2.01. The standard InChI is InChI=1S/C13H14ClN3O3S/c1-4-17-6-8(14)5-9(17)11(18)16(3)12-10(13(19)20)7(2)15-21-12/h5-6H,4H2,1-3H3,(H,19,20). The first-order valence-corrected chi connectivity index (χ1v) is 7.35. The number of nitrogens with zero attached hydrogens (tertiary/aromatic N) is 3. The van der Waals surface area contributed by atoms with E-state index < -0.39 is 5.97 Å². The zero-order chi connectivity index (χ0) is 15.7. The molecule has 0 aliphatic carbocycles. The second kappa shape index (κ2) is 5.87. The molecule has 21 heavy (non-hydrogen) atoms. The van der Waals surface area contributed by atoms with Gasteiger partial charge >= 0.3 is 5.97 Å². The number of halogens is 1. The largest absolute Gasteiger partial charge is 0.478 e. The van der Waals surface area contributed by atoms with Gasteiger partial charge in [0, 0.05) is 19.8 Å². The number of rotatable bonds is 4. The second-order valence-electron chi connectivity index (χ2n) is 4.45. The van der Waals surface area contributed by atoms with Gasteiger partial charge in [-0.1, -0.05) is 11.6 Å². The summed E-state index contributed by atoms with van der Waals surface area (Å²) in [6.45, 7) is 4.09. The average molecular weight is 328 g/mol. The van der Waals surface area contributed by atoms with Crippen LogP contribution < -0.4 is 4.90 Å². The van der Waals surface area contributed by atoms with Crippen LogP contribution in [0.3, 0.4) is 0 Å². The van der Waals surface area contributed by atoms with Gasteiger partial charge in [0.25, 0.3) is 5.91 Å². The van der Waals surface area contributed by atoms with Crippen LogP contribution in [0.15, 0.2) is 12.3 Å². The third-order valence-corrected chi connectivity index (χ3v) is 4.31. The first kappa shape index (κ1) is 15.5. The summed E-state index contributed by atoms with van der Waals surface area (Å²) in [7, 11) is 1.53. The van der Waals surface area contributed by atoms with E-state index in [9.17, 15) is 14.7 Å². The van der Waals surface area contributed by atoms with Crippen LogP contribution in [0.4, 0.5) is 5.00 Å². The maximum absolute atomic E-state index is 12.6. The molecule has 2 aromatic rings. The summed E-state index contributed by atoms with van der Waals surface area (Å²) >= 11 is 6.92. The van der Waals surface area contributed by atoms with Gasteiger partial charge in [-0.15, -0.1) is 0 Å². The predicted molar refractivity (Wildman–Crippen MR) is 81.7 cm³/mol. The molecular weight excluding hydrogens is 314 g/mol. The number of carboxylic acid groups (broad SMARTS) is 1. The molecule has 0 atom stereocenters. The second-order valence-corrected chi connectivity index (χ2v) is 5.64. The van der Waals surface area contributed by atoms with Crippen LogP contribution in [0.5, 0.6) is 0 Å². The lowest BCUT2D eigenvalue weighted by atomic mass is 10.2. The average Bonchev–Trinajstić information content (AvgIpc) is 2.99. The molecule has 0 unspecified atom stereocenters. The van der Waals surface area contributed by atoms with Crippen LogP contribution in [0.25, 0.3) is 0 Å². The molecule has 0 aromatic carbocycles. The summed E-state index contributed by atoms with van der Waals surface area (Å²) in [6.07, 6.45) is 1.67. The first-order valence-electron chi connectivity index (χ1n) is 6.20. The lowest BCUT2D eigenvalue weighted by molar-refractivity contribution is 0.0697. The van der Waals surface area contributed by atoms with Gasteiger partial charge in [-0.25, -0.2) is 4.79 Å². The fourth-order valence-corrected chi connectivity index (χ4v) is 3.08. The van der Waals surface area contributed by atoms with Gasteiger partial charge in [-0.3, -0.25) is 9.69 Å². The van der Waals surface area contributed by atoms with Crippen LogP contribution in [0.2, 0.25) is 5.02 Å². The van der Waals surface area contributed by atoms with Gasteiger partial charge in [-0.05, 0) is 31.4 Å². The number of aromatic nitrogens is 2. The van der Waals surface area contributed by atoms with Crippen molar-refractivity contribution >= 4 is 40.0 Å². The van der Waals surface area contributed by atoms with Crippen molar-refractivity contribution in [2.45, 2.75) is 20.4 Å². The fraction of sp³-hybridized carbons (Fsp3) is 0.308. The number of aryl methyl sites for hydroxylation is 2. The molecule has 0 radical (unpaired) electrons. The molecule has 0 saturated heterocycles. The molecule has 112 valence electrons. The zero-order valence-corrected chi connectivity index (χ0v) is 13.3. The van der Waals surface area contributed by atoms with E-state index in [0.29, 0.717) is 28.0 Å². The van der Waals surface area contributed by atoms with E-state index in [2.05, 4.69) is 4.37 Å². The molecule has 0 bridgehead atoms. The van der Waals surface area contributed by atoms with Gasteiger partial charge in [0.15, 0.2) is 0 Å². The number of carboxylic acids is 1. The van der Waals surface area contributed by atoms with Gasteiger partial charge < -0.3 is 9.67 Å². The van der Waals surface area contributed by atoms with Crippen molar-refractivity contribution in [3.63, 3.8) is 0 Å². The highest BCUT2D eigenvalue weighted by atomic mass is 35.5. The van der Waals surface area contributed by atoms with Gasteiger partial charge in [0.2, 0.25) is 0 Å². The Hall–Kier alpha value is -1.86. The Bertz CT molecular complexity index is 708. The minimum absolute atomic E-state index is 0.0524. The highest BCUT2D eigenvalue weighted by molar-refractivity contribution is 7.11. The van der Waals surface area contributed by atoms with Crippen molar-refractivity contribution < 1.29 is 14.7 Å². The highest BCUT2D eigenvalue weighted by Gasteiger charge is 2.26. The minimum atomic E-state index is -1.10. The number of amides is 1. The van der Waals surface area contributed by atoms with Gasteiger partial charge in [0.05, 0.1) is 10.7 Å². The Morgan fingerprint density at radius 1 is 1.52 bits per heavy atom. The topological polar surface area (TPSA) is 75.4 Å². The SMILES string of the molecule is CCn1cc(Cl)cc1C(=O)N(C)c1snc(C)c1C(=O)O. The number of carbonyl (C=O) groups excluding carboxylic acids is 1. The molecule has 2 aromatic heterocycles. The Morgan fingerprint density at radius 2 is 2.19 bits per heavy atom. The number of aromatic carboxylic acids is 1. The molecule has 0 aliphatic rings. The van der Waals surface area contributed by atoms with E-state index >= 15 is 0 Å². The lowest BCUT2D eigenvalue weighted by Crippen LogP contribution is -2.28. The molecule has 6 nitrogen and oxygen atoms in total. The maximum Gasteiger partial charge on any atom is 0.340 e. The normalized spacial score (nSPS) is 10.7. The van der Waals surface area contributed by atoms with Crippen molar-refractivity contribution in [2.75, 3.05) is 11.9 Å². The molecule has 0 saturated carbocycles. The number of anilines is 1. The first-order chi connectivity index (χ1) is 9.86. The van der Waals surface area contributed by atoms with E-state index in [1.807, 2.05) is 6.92 Å². The number of hydrogen-bond donors (Lipinski definition) is 1. The van der Waals surface area contributed by atoms with Crippen LogP contribution >= 0.6 is 23.1 Å². The molecule has 8 heteroatoms. The van der Waals surface area contributed by atoms with Crippen LogP contribution in [0.1, 0.15) is 33.5 Å². The summed E-state index contributed by atoms with van der Waals surface area (Å²) in [6, 6.07) is 1.57. The van der Waals surface area contributed by atoms with Crippen molar-refractivity contribution in [1.82, 2.24) is 8.94 Å². The van der Waals surface area contributed by atoms with E-state index in [1.54, 1.807) is 23.8 Å². The molecule has 2 rings (SSSR count). The summed E-state index contributed by atoms with van der Waals surface area (Å²) in [5, 5.41) is 10.0. The van der Waals surface area contributed by atoms with E-state index in [-0.39, 0.29) is 11.5 Å². The third kappa shape index (κ3) is 2.79. The molecule has 1 amide bonds. The van der Waals surface area contributed by atoms with Gasteiger partial charge in [0.1, 0.15) is 16.3 Å². The van der Waals surface area contributed by atoms with Crippen molar-refractivity contribution in [3.8, 4) is 0 Å². The van der Waals surface area contributed by atoms with Crippen LogP contribution in [-0.4, -0.2) is 33.0 Å². The van der Waals surface area contributed by atoms with Crippen molar-refractivity contribution in [2.24, 2.45) is 0 Å². The smallest absolute Gasteiger partial charge is 0.340 e. The lowest BCUT2D eigenvalue weighted by Gasteiger charge is -2.16. The highest BCUT2D eigenvalue weighted by Crippen LogP contribution is 2.29. The molecule has 0 aliphatic heterocycles. The number of carbonyl (C=O) groups is 2. The van der Waals surface area contributed by atoms with Crippen LogP contribution in [-0.2, 0) is 6.54 Å². The number of hydrogen-bond acceptors (Lipinski definition) is 4. The third-order valence-electron chi connectivity index (χ3n) is 3.09. The molecule has 0 spiro atoms. The Kier molecular flexibility index (Phi) is 4.34. The molecule has 2 heterocycles. The van der Waals surface area contributed by atoms with E-state index in [0.717, 1.165) is 11.5 Å². The zero-order valence-electron chi connectivity index (χ0n) is 11.8. The van der Waals surface area contributed by atoms with E-state index in [1.165, 1.54) is 11.9 Å². The predicted octanol–water partition coefficient (Wildman–Crippen LogP) is 2.90. The maximum atomic E-state index is 12.6. The molecule has 1 N–H and O–H groups in total. The van der Waals surface area contributed by atoms with E-state index in [4.69, 9.17) is 11.6 Å². The summed E-state index contributed by atoms with van der Waals surface area (Å²) in [4.78, 5) is 25.1. The Labute approximate surface area is 130 Å². The molecule has 0 fully saturated rings. The van der Waals surface area contributed by atoms with Gasteiger partial charge in [-0.2, -0.15) is 4.37 Å². The quantitative estimate of drug-likeness (QED) is 0.936. The summed E-state index contributed by atoms with van der Waals surface area (Å²) in [5.41, 5.74) is 0.856. The monoisotopic (exact) mass is 327 g/mol. The summed E-state index contributed by atoms with van der Waals surface area (Å²) < 4.78 is 5.73. The van der Waals surface area contributed by atoms with Crippen LogP contribution in [0, 0.1) is 6.92 Å². The Morgan fingerprint density at radius 3 is 2.76 bits per heavy atom. The van der Waals surface area contributed by atoms with Crippen molar-refractivity contribution in [3.05, 3.63) is 34.2 Å². The van der Waals surface area contributed by atoms with Crippen molar-refractivity contribution in [1.29, 1.82) is 0 Å². The summed E-state index contributed by atoms with van der Waals surface area (Å²) in [5.74, 6) is -1.42. The minimum Gasteiger partial charge on any atom is -0.478 e.